The van der Waals surface area contributed by atoms with Crippen LogP contribution in [0.4, 0.5) is 0 Å². The van der Waals surface area contributed by atoms with Gasteiger partial charge in [-0.05, 0) is 46.0 Å². The van der Waals surface area contributed by atoms with E-state index in [1.165, 1.54) is 11.1 Å². The van der Waals surface area contributed by atoms with Gasteiger partial charge < -0.3 is 20.3 Å². The first-order chi connectivity index (χ1) is 13.4. The first-order valence-electron chi connectivity index (χ1n) is 9.75. The number of methoxy groups -OCH3 is 1. The second kappa shape index (κ2) is 10.7. The number of aliphatic imine (C=N–C) groups is 1. The van der Waals surface area contributed by atoms with Crippen LogP contribution in [-0.2, 0) is 13.5 Å². The van der Waals surface area contributed by atoms with Crippen LogP contribution in [0.3, 0.4) is 0 Å². The summed E-state index contributed by atoms with van der Waals surface area (Å²) in [6.07, 6.45) is 4.82. The molecule has 0 spiro atoms. The minimum absolute atomic E-state index is 0.182. The predicted molar refractivity (Wildman–Crippen MR) is 115 cm³/mol. The first-order valence-corrected chi connectivity index (χ1v) is 9.75. The summed E-state index contributed by atoms with van der Waals surface area (Å²) in [4.78, 5) is 6.96. The standard InChI is InChI=1S/C21H34N6O/c1-7-22-21(23-11-10-17-12-16(2)8-9-20(17)28-6)24-14-19(26(3)4)18-13-25-27(5)15-18/h8-9,12-13,15,19H,7,10-11,14H2,1-6H3,(H2,22,23,24). The van der Waals surface area contributed by atoms with Gasteiger partial charge in [-0.1, -0.05) is 17.7 Å². The van der Waals surface area contributed by atoms with Crippen molar-refractivity contribution in [3.63, 3.8) is 0 Å². The van der Waals surface area contributed by atoms with Gasteiger partial charge in [0, 0.05) is 31.9 Å². The molecule has 7 heteroatoms. The fourth-order valence-electron chi connectivity index (χ4n) is 3.12. The molecule has 154 valence electrons. The van der Waals surface area contributed by atoms with Crippen LogP contribution in [0.5, 0.6) is 5.75 Å². The molecule has 0 fully saturated rings. The molecule has 0 amide bonds. The summed E-state index contributed by atoms with van der Waals surface area (Å²) in [5.74, 6) is 1.75. The molecule has 1 unspecified atom stereocenters. The van der Waals surface area contributed by atoms with E-state index in [0.29, 0.717) is 6.54 Å². The summed E-state index contributed by atoms with van der Waals surface area (Å²) < 4.78 is 7.30. The Morgan fingerprint density at radius 3 is 2.71 bits per heavy atom. The Morgan fingerprint density at radius 1 is 1.32 bits per heavy atom. The van der Waals surface area contributed by atoms with E-state index in [2.05, 4.69) is 60.7 Å². The second-order valence-corrected chi connectivity index (χ2v) is 7.14. The average Bonchev–Trinajstić information content (AvgIpc) is 3.07. The van der Waals surface area contributed by atoms with Gasteiger partial charge in [0.1, 0.15) is 5.75 Å². The molecule has 1 heterocycles. The Kier molecular flexibility index (Phi) is 8.32. The van der Waals surface area contributed by atoms with Crippen molar-refractivity contribution in [2.45, 2.75) is 26.3 Å². The molecular formula is C21H34N6O. The van der Waals surface area contributed by atoms with Gasteiger partial charge in [-0.3, -0.25) is 9.67 Å². The molecule has 0 aliphatic rings. The summed E-state index contributed by atoms with van der Waals surface area (Å²) in [6, 6.07) is 6.46. The van der Waals surface area contributed by atoms with E-state index in [9.17, 15) is 0 Å². The average molecular weight is 387 g/mol. The highest BCUT2D eigenvalue weighted by Gasteiger charge is 2.15. The number of aryl methyl sites for hydroxylation is 2. The van der Waals surface area contributed by atoms with Crippen LogP contribution >= 0.6 is 0 Å². The van der Waals surface area contributed by atoms with Crippen molar-refractivity contribution in [2.75, 3.05) is 40.8 Å². The van der Waals surface area contributed by atoms with Gasteiger partial charge in [0.2, 0.25) is 0 Å². The molecule has 0 aliphatic heterocycles. The molecular weight excluding hydrogens is 352 g/mol. The van der Waals surface area contributed by atoms with Crippen molar-refractivity contribution in [2.24, 2.45) is 12.0 Å². The highest BCUT2D eigenvalue weighted by molar-refractivity contribution is 5.79. The fraction of sp³-hybridized carbons (Fsp3) is 0.524. The Labute approximate surface area is 168 Å². The number of ether oxygens (including phenoxy) is 1. The lowest BCUT2D eigenvalue weighted by molar-refractivity contribution is 0.306. The van der Waals surface area contributed by atoms with Gasteiger partial charge in [-0.15, -0.1) is 0 Å². The largest absolute Gasteiger partial charge is 0.496 e. The van der Waals surface area contributed by atoms with Crippen molar-refractivity contribution >= 4 is 5.96 Å². The summed E-state index contributed by atoms with van der Waals surface area (Å²) in [5.41, 5.74) is 3.60. The lowest BCUT2D eigenvalue weighted by atomic mass is 10.1. The van der Waals surface area contributed by atoms with E-state index in [1.54, 1.807) is 7.11 Å². The van der Waals surface area contributed by atoms with Gasteiger partial charge in [-0.2, -0.15) is 5.10 Å². The molecule has 1 atom stereocenters. The van der Waals surface area contributed by atoms with Gasteiger partial charge in [0.25, 0.3) is 0 Å². The van der Waals surface area contributed by atoms with Gasteiger partial charge >= 0.3 is 0 Å². The molecule has 0 aliphatic carbocycles. The number of guanidine groups is 1. The third-order valence-corrected chi connectivity index (χ3v) is 4.62. The predicted octanol–water partition coefficient (Wildman–Crippen LogP) is 2.14. The molecule has 28 heavy (non-hydrogen) atoms. The van der Waals surface area contributed by atoms with Crippen molar-refractivity contribution < 1.29 is 4.74 Å². The van der Waals surface area contributed by atoms with Crippen molar-refractivity contribution in [1.82, 2.24) is 25.3 Å². The minimum atomic E-state index is 0.182. The van der Waals surface area contributed by atoms with Crippen LogP contribution in [0.2, 0.25) is 0 Å². The molecule has 2 rings (SSSR count). The molecule has 2 N–H and O–H groups in total. The Bertz CT molecular complexity index is 768. The molecule has 1 aromatic heterocycles. The van der Waals surface area contributed by atoms with E-state index in [4.69, 9.17) is 9.73 Å². The number of rotatable bonds is 9. The maximum Gasteiger partial charge on any atom is 0.191 e. The zero-order valence-electron chi connectivity index (χ0n) is 18.0. The normalized spacial score (nSPS) is 12.9. The number of benzene rings is 1. The fourth-order valence-corrected chi connectivity index (χ4v) is 3.12. The van der Waals surface area contributed by atoms with Crippen LogP contribution < -0.4 is 15.4 Å². The van der Waals surface area contributed by atoms with Crippen LogP contribution in [0.1, 0.15) is 29.7 Å². The minimum Gasteiger partial charge on any atom is -0.496 e. The van der Waals surface area contributed by atoms with Crippen LogP contribution in [0, 0.1) is 6.92 Å². The summed E-state index contributed by atoms with van der Waals surface area (Å²) in [5, 5.41) is 11.1. The quantitative estimate of drug-likeness (QED) is 0.511. The Morgan fingerprint density at radius 2 is 2.11 bits per heavy atom. The molecule has 0 radical (unpaired) electrons. The lowest BCUT2D eigenvalue weighted by Gasteiger charge is -2.22. The van der Waals surface area contributed by atoms with E-state index >= 15 is 0 Å². The Balaban J connectivity index is 2.00. The maximum atomic E-state index is 5.47. The monoisotopic (exact) mass is 386 g/mol. The lowest BCUT2D eigenvalue weighted by Crippen LogP contribution is -2.39. The number of nitrogens with zero attached hydrogens (tertiary/aromatic N) is 4. The van der Waals surface area contributed by atoms with E-state index < -0.39 is 0 Å². The molecule has 2 aromatic rings. The van der Waals surface area contributed by atoms with Gasteiger partial charge in [0.15, 0.2) is 5.96 Å². The molecule has 0 saturated carbocycles. The van der Waals surface area contributed by atoms with Gasteiger partial charge in [0.05, 0.1) is 25.9 Å². The summed E-state index contributed by atoms with van der Waals surface area (Å²) in [7, 11) is 7.78. The van der Waals surface area contributed by atoms with E-state index in [-0.39, 0.29) is 6.04 Å². The van der Waals surface area contributed by atoms with Crippen molar-refractivity contribution in [3.05, 3.63) is 47.3 Å². The van der Waals surface area contributed by atoms with E-state index in [1.807, 2.05) is 30.2 Å². The number of aromatic nitrogens is 2. The van der Waals surface area contributed by atoms with Gasteiger partial charge in [-0.25, -0.2) is 0 Å². The maximum absolute atomic E-state index is 5.47. The summed E-state index contributed by atoms with van der Waals surface area (Å²) >= 11 is 0. The number of hydrogen-bond acceptors (Lipinski definition) is 4. The highest BCUT2D eigenvalue weighted by atomic mass is 16.5. The zero-order chi connectivity index (χ0) is 20.5. The third kappa shape index (κ3) is 6.27. The summed E-state index contributed by atoms with van der Waals surface area (Å²) in [6.45, 7) is 6.43. The Hall–Kier alpha value is -2.54. The zero-order valence-corrected chi connectivity index (χ0v) is 18.0. The smallest absolute Gasteiger partial charge is 0.191 e. The highest BCUT2D eigenvalue weighted by Crippen LogP contribution is 2.20. The van der Waals surface area contributed by atoms with E-state index in [0.717, 1.165) is 36.8 Å². The number of likely N-dealkylation sites (N-methyl/N-ethyl adjacent to an activating group) is 1. The SMILES string of the molecule is CCNC(=NCC(c1cnn(C)c1)N(C)C)NCCc1cc(C)ccc1OC. The first kappa shape index (κ1) is 21.8. The van der Waals surface area contributed by atoms with Crippen molar-refractivity contribution in [1.29, 1.82) is 0 Å². The molecule has 1 aromatic carbocycles. The van der Waals surface area contributed by atoms with Crippen LogP contribution in [0.15, 0.2) is 35.6 Å². The molecule has 7 nitrogen and oxygen atoms in total. The number of hydrogen-bond donors (Lipinski definition) is 2. The van der Waals surface area contributed by atoms with Crippen molar-refractivity contribution in [3.8, 4) is 5.75 Å². The van der Waals surface area contributed by atoms with Crippen LogP contribution in [-0.4, -0.2) is 61.5 Å². The molecule has 0 bridgehead atoms. The van der Waals surface area contributed by atoms with Crippen LogP contribution in [0.25, 0.3) is 0 Å². The second-order valence-electron chi connectivity index (χ2n) is 7.14. The number of nitrogens with one attached hydrogen (secondary N) is 2. The topological polar surface area (TPSA) is 66.7 Å². The molecule has 0 saturated heterocycles. The third-order valence-electron chi connectivity index (χ3n) is 4.62.